The van der Waals surface area contributed by atoms with Crippen molar-refractivity contribution in [1.82, 2.24) is 0 Å². The van der Waals surface area contributed by atoms with Gasteiger partial charge in [-0.1, -0.05) is 54.1 Å². The van der Waals surface area contributed by atoms with Gasteiger partial charge in [-0.2, -0.15) is 0 Å². The molecule has 0 aliphatic rings. The highest BCUT2D eigenvalue weighted by atomic mass is 35.5. The fourth-order valence-electron chi connectivity index (χ4n) is 1.72. The number of hydrogen-bond acceptors (Lipinski definition) is 2. The molecule has 4 heteroatoms. The summed E-state index contributed by atoms with van der Waals surface area (Å²) in [5.41, 5.74) is 7.92. The summed E-state index contributed by atoms with van der Waals surface area (Å²) >= 11 is 6.07. The van der Waals surface area contributed by atoms with Gasteiger partial charge in [0.05, 0.1) is 0 Å². The molecule has 3 nitrogen and oxygen atoms in total. The van der Waals surface area contributed by atoms with Crippen molar-refractivity contribution in [3.8, 4) is 11.1 Å². The first kappa shape index (κ1) is 12.6. The highest BCUT2D eigenvalue weighted by Crippen LogP contribution is 2.28. The molecule has 0 amide bonds. The third-order valence-electron chi connectivity index (χ3n) is 2.71. The van der Waals surface area contributed by atoms with E-state index < -0.39 is 12.0 Å². The van der Waals surface area contributed by atoms with Crippen LogP contribution in [0.1, 0.15) is 11.6 Å². The molecule has 0 aromatic heterocycles. The molecule has 0 spiro atoms. The van der Waals surface area contributed by atoms with Crippen molar-refractivity contribution in [1.29, 1.82) is 0 Å². The van der Waals surface area contributed by atoms with Crippen molar-refractivity contribution in [3.05, 3.63) is 59.1 Å². The summed E-state index contributed by atoms with van der Waals surface area (Å²) in [7, 11) is 0. The van der Waals surface area contributed by atoms with Crippen LogP contribution in [0.15, 0.2) is 48.5 Å². The second-order valence-electron chi connectivity index (χ2n) is 3.92. The van der Waals surface area contributed by atoms with E-state index in [1.165, 1.54) is 0 Å². The number of hydrogen-bond donors (Lipinski definition) is 2. The van der Waals surface area contributed by atoms with Crippen molar-refractivity contribution in [2.45, 2.75) is 6.04 Å². The zero-order chi connectivity index (χ0) is 13.1. The molecule has 0 aliphatic carbocycles. The van der Waals surface area contributed by atoms with Gasteiger partial charge in [-0.15, -0.1) is 0 Å². The molecule has 0 fully saturated rings. The molecule has 0 saturated heterocycles. The van der Waals surface area contributed by atoms with Crippen LogP contribution in [-0.2, 0) is 4.79 Å². The first-order chi connectivity index (χ1) is 8.59. The predicted octanol–water partition coefficient (Wildman–Crippen LogP) is 3.09. The molecule has 92 valence electrons. The van der Waals surface area contributed by atoms with Gasteiger partial charge in [0.1, 0.15) is 6.04 Å². The lowest BCUT2D eigenvalue weighted by Crippen LogP contribution is -2.20. The summed E-state index contributed by atoms with van der Waals surface area (Å²) in [6.45, 7) is 0. The Balaban J connectivity index is 2.40. The molecule has 18 heavy (non-hydrogen) atoms. The normalized spacial score (nSPS) is 12.1. The standard InChI is InChI=1S/C14H12ClNO2/c15-12-8-10(9-4-2-1-3-5-9)6-7-11(12)13(16)14(17)18/h1-8,13H,16H2,(H,17,18). The quantitative estimate of drug-likeness (QED) is 0.892. The Bertz CT molecular complexity index is 569. The van der Waals surface area contributed by atoms with Crippen molar-refractivity contribution < 1.29 is 9.90 Å². The highest BCUT2D eigenvalue weighted by molar-refractivity contribution is 6.32. The van der Waals surface area contributed by atoms with Crippen LogP contribution in [0.4, 0.5) is 0 Å². The Labute approximate surface area is 110 Å². The van der Waals surface area contributed by atoms with Crippen LogP contribution >= 0.6 is 11.6 Å². The Morgan fingerprint density at radius 3 is 2.33 bits per heavy atom. The van der Waals surface area contributed by atoms with Crippen molar-refractivity contribution in [3.63, 3.8) is 0 Å². The minimum absolute atomic E-state index is 0.367. The van der Waals surface area contributed by atoms with E-state index >= 15 is 0 Å². The maximum Gasteiger partial charge on any atom is 0.325 e. The maximum absolute atomic E-state index is 10.8. The predicted molar refractivity (Wildman–Crippen MR) is 71.5 cm³/mol. The number of carbonyl (C=O) groups is 1. The smallest absolute Gasteiger partial charge is 0.325 e. The fourth-order valence-corrected chi connectivity index (χ4v) is 2.02. The van der Waals surface area contributed by atoms with E-state index in [0.717, 1.165) is 11.1 Å². The Kier molecular flexibility index (Phi) is 3.65. The summed E-state index contributed by atoms with van der Waals surface area (Å²) in [5, 5.41) is 9.23. The van der Waals surface area contributed by atoms with E-state index in [-0.39, 0.29) is 0 Å². The zero-order valence-corrected chi connectivity index (χ0v) is 10.3. The molecule has 1 atom stereocenters. The topological polar surface area (TPSA) is 63.3 Å². The minimum Gasteiger partial charge on any atom is -0.480 e. The van der Waals surface area contributed by atoms with E-state index in [1.807, 2.05) is 36.4 Å². The summed E-state index contributed by atoms with van der Waals surface area (Å²) in [6, 6.07) is 13.8. The second kappa shape index (κ2) is 5.21. The Morgan fingerprint density at radius 1 is 1.11 bits per heavy atom. The lowest BCUT2D eigenvalue weighted by atomic mass is 10.0. The largest absolute Gasteiger partial charge is 0.480 e. The molecular formula is C14H12ClNO2. The third-order valence-corrected chi connectivity index (χ3v) is 3.04. The Hall–Kier alpha value is -1.84. The van der Waals surface area contributed by atoms with Crippen LogP contribution in [0.2, 0.25) is 5.02 Å². The van der Waals surface area contributed by atoms with Crippen LogP contribution < -0.4 is 5.73 Å². The molecule has 1 unspecified atom stereocenters. The fraction of sp³-hybridized carbons (Fsp3) is 0.0714. The van der Waals surface area contributed by atoms with E-state index in [9.17, 15) is 4.79 Å². The number of benzene rings is 2. The van der Waals surface area contributed by atoms with Gasteiger partial charge in [0.15, 0.2) is 0 Å². The van der Waals surface area contributed by atoms with Gasteiger partial charge in [0, 0.05) is 5.02 Å². The van der Waals surface area contributed by atoms with Crippen LogP contribution in [0.25, 0.3) is 11.1 Å². The summed E-state index contributed by atoms with van der Waals surface area (Å²) in [6.07, 6.45) is 0. The average molecular weight is 262 g/mol. The molecule has 3 N–H and O–H groups in total. The molecular weight excluding hydrogens is 250 g/mol. The van der Waals surface area contributed by atoms with Crippen LogP contribution in [0, 0.1) is 0 Å². The Morgan fingerprint density at radius 2 is 1.78 bits per heavy atom. The highest BCUT2D eigenvalue weighted by Gasteiger charge is 2.17. The zero-order valence-electron chi connectivity index (χ0n) is 9.51. The third kappa shape index (κ3) is 2.53. The number of carboxylic acids is 1. The number of halogens is 1. The second-order valence-corrected chi connectivity index (χ2v) is 4.33. The summed E-state index contributed by atoms with van der Waals surface area (Å²) < 4.78 is 0. The number of carboxylic acid groups (broad SMARTS) is 1. The van der Waals surface area contributed by atoms with Gasteiger partial charge < -0.3 is 10.8 Å². The van der Waals surface area contributed by atoms with Crippen molar-refractivity contribution in [2.24, 2.45) is 5.73 Å². The number of aliphatic carboxylic acids is 1. The van der Waals surface area contributed by atoms with Gasteiger partial charge in [-0.25, -0.2) is 0 Å². The monoisotopic (exact) mass is 261 g/mol. The molecule has 0 heterocycles. The number of nitrogens with two attached hydrogens (primary N) is 1. The molecule has 2 aromatic rings. The molecule has 2 rings (SSSR count). The van der Waals surface area contributed by atoms with E-state index in [1.54, 1.807) is 12.1 Å². The van der Waals surface area contributed by atoms with Crippen molar-refractivity contribution in [2.75, 3.05) is 0 Å². The van der Waals surface area contributed by atoms with Crippen LogP contribution in [0.3, 0.4) is 0 Å². The van der Waals surface area contributed by atoms with Gasteiger partial charge in [0.25, 0.3) is 0 Å². The number of rotatable bonds is 3. The van der Waals surface area contributed by atoms with Crippen molar-refractivity contribution >= 4 is 17.6 Å². The maximum atomic E-state index is 10.8. The molecule has 2 aromatic carbocycles. The van der Waals surface area contributed by atoms with E-state index in [4.69, 9.17) is 22.4 Å². The van der Waals surface area contributed by atoms with Crippen LogP contribution in [0.5, 0.6) is 0 Å². The first-order valence-corrected chi connectivity index (χ1v) is 5.80. The summed E-state index contributed by atoms with van der Waals surface area (Å²) in [5.74, 6) is -1.09. The van der Waals surface area contributed by atoms with E-state index in [2.05, 4.69) is 0 Å². The minimum atomic E-state index is -1.10. The summed E-state index contributed by atoms with van der Waals surface area (Å²) in [4.78, 5) is 10.8. The lowest BCUT2D eigenvalue weighted by molar-refractivity contribution is -0.138. The van der Waals surface area contributed by atoms with Gasteiger partial charge in [-0.3, -0.25) is 4.79 Å². The average Bonchev–Trinajstić information content (AvgIpc) is 2.38. The van der Waals surface area contributed by atoms with Gasteiger partial charge in [-0.05, 0) is 22.8 Å². The molecule has 0 saturated carbocycles. The SMILES string of the molecule is NC(C(=O)O)c1ccc(-c2ccccc2)cc1Cl. The molecule has 0 bridgehead atoms. The first-order valence-electron chi connectivity index (χ1n) is 5.43. The lowest BCUT2D eigenvalue weighted by Gasteiger charge is -2.10. The molecule has 0 radical (unpaired) electrons. The molecule has 0 aliphatic heterocycles. The van der Waals surface area contributed by atoms with Crippen LogP contribution in [-0.4, -0.2) is 11.1 Å². The van der Waals surface area contributed by atoms with E-state index in [0.29, 0.717) is 10.6 Å². The van der Waals surface area contributed by atoms with Gasteiger partial charge >= 0.3 is 5.97 Å². The van der Waals surface area contributed by atoms with Gasteiger partial charge in [0.2, 0.25) is 0 Å².